The molecule has 0 unspecified atom stereocenters. The first-order chi connectivity index (χ1) is 8.77. The van der Waals surface area contributed by atoms with Crippen LogP contribution < -0.4 is 10.6 Å². The summed E-state index contributed by atoms with van der Waals surface area (Å²) >= 11 is 0. The Morgan fingerprint density at radius 1 is 1.06 bits per heavy atom. The molecule has 2 amide bonds. The second-order valence-electron chi connectivity index (χ2n) is 3.50. The van der Waals surface area contributed by atoms with Crippen molar-refractivity contribution < 1.29 is 18.4 Å². The number of rotatable bonds is 5. The van der Waals surface area contributed by atoms with Crippen LogP contribution in [0.3, 0.4) is 0 Å². The highest BCUT2D eigenvalue weighted by Crippen LogP contribution is 1.99. The van der Waals surface area contributed by atoms with E-state index in [-0.39, 0.29) is 17.6 Å². The maximum Gasteiger partial charge on any atom is 0.287 e. The number of carbonyl (C=O) groups excluding carboxylic acids is 2. The summed E-state index contributed by atoms with van der Waals surface area (Å²) < 4.78 is 9.71. The molecule has 0 aliphatic rings. The molecule has 6 nitrogen and oxygen atoms in total. The zero-order valence-electron chi connectivity index (χ0n) is 9.51. The third kappa shape index (κ3) is 3.00. The summed E-state index contributed by atoms with van der Waals surface area (Å²) in [6, 6.07) is 4.77. The minimum Gasteiger partial charge on any atom is -0.472 e. The molecule has 18 heavy (non-hydrogen) atoms. The molecule has 6 heteroatoms. The van der Waals surface area contributed by atoms with E-state index in [0.717, 1.165) is 0 Å². The van der Waals surface area contributed by atoms with Gasteiger partial charge >= 0.3 is 0 Å². The van der Waals surface area contributed by atoms with Gasteiger partial charge in [0.1, 0.15) is 6.26 Å². The maximum absolute atomic E-state index is 11.5. The van der Waals surface area contributed by atoms with Crippen LogP contribution in [0.1, 0.15) is 20.9 Å². The van der Waals surface area contributed by atoms with Crippen molar-refractivity contribution in [3.63, 3.8) is 0 Å². The van der Waals surface area contributed by atoms with E-state index in [1.165, 1.54) is 18.8 Å². The number of furan rings is 2. The monoisotopic (exact) mass is 248 g/mol. The van der Waals surface area contributed by atoms with E-state index in [9.17, 15) is 9.59 Å². The molecule has 2 heterocycles. The van der Waals surface area contributed by atoms with Crippen LogP contribution in [0.5, 0.6) is 0 Å². The van der Waals surface area contributed by atoms with Gasteiger partial charge in [0.15, 0.2) is 5.76 Å². The number of hydrogen-bond donors (Lipinski definition) is 2. The topological polar surface area (TPSA) is 84.5 Å². The minimum absolute atomic E-state index is 0.240. The Hall–Kier alpha value is -2.50. The van der Waals surface area contributed by atoms with Gasteiger partial charge in [-0.2, -0.15) is 0 Å². The first-order valence-corrected chi connectivity index (χ1v) is 5.39. The highest BCUT2D eigenvalue weighted by atomic mass is 16.3. The third-order valence-corrected chi connectivity index (χ3v) is 2.22. The van der Waals surface area contributed by atoms with Crippen molar-refractivity contribution in [2.75, 3.05) is 13.1 Å². The van der Waals surface area contributed by atoms with Crippen LogP contribution in [0.4, 0.5) is 0 Å². The van der Waals surface area contributed by atoms with Gasteiger partial charge in [0.25, 0.3) is 11.8 Å². The van der Waals surface area contributed by atoms with Crippen LogP contribution in [0, 0.1) is 0 Å². The van der Waals surface area contributed by atoms with Crippen LogP contribution >= 0.6 is 0 Å². The van der Waals surface area contributed by atoms with E-state index >= 15 is 0 Å². The molecule has 2 rings (SSSR count). The van der Waals surface area contributed by atoms with Crippen molar-refractivity contribution >= 4 is 11.8 Å². The molecular formula is C12H12N2O4. The molecule has 0 saturated heterocycles. The molecule has 2 N–H and O–H groups in total. The first kappa shape index (κ1) is 12.0. The lowest BCUT2D eigenvalue weighted by molar-refractivity contribution is 0.0910. The van der Waals surface area contributed by atoms with Gasteiger partial charge in [0.2, 0.25) is 0 Å². The van der Waals surface area contributed by atoms with Crippen molar-refractivity contribution in [3.8, 4) is 0 Å². The Kier molecular flexibility index (Phi) is 3.80. The molecule has 94 valence electrons. The van der Waals surface area contributed by atoms with Gasteiger partial charge in [-0.3, -0.25) is 9.59 Å². The second kappa shape index (κ2) is 5.72. The average molecular weight is 248 g/mol. The Morgan fingerprint density at radius 3 is 2.44 bits per heavy atom. The van der Waals surface area contributed by atoms with Gasteiger partial charge in [-0.15, -0.1) is 0 Å². The van der Waals surface area contributed by atoms with Gasteiger partial charge in [-0.05, 0) is 18.2 Å². The van der Waals surface area contributed by atoms with Crippen LogP contribution in [0.15, 0.2) is 45.8 Å². The first-order valence-electron chi connectivity index (χ1n) is 5.39. The summed E-state index contributed by atoms with van der Waals surface area (Å²) in [5.41, 5.74) is 0.451. The quantitative estimate of drug-likeness (QED) is 0.774. The molecule has 0 saturated carbocycles. The predicted octanol–water partition coefficient (Wildman–Crippen LogP) is 1.03. The molecule has 0 spiro atoms. The summed E-state index contributed by atoms with van der Waals surface area (Å²) in [6.45, 7) is 0.652. The van der Waals surface area contributed by atoms with E-state index in [1.807, 2.05) is 0 Å². The Labute approximate surface area is 103 Å². The lowest BCUT2D eigenvalue weighted by Crippen LogP contribution is -2.34. The van der Waals surface area contributed by atoms with Crippen molar-refractivity contribution in [3.05, 3.63) is 48.3 Å². The smallest absolute Gasteiger partial charge is 0.287 e. The number of hydrogen-bond acceptors (Lipinski definition) is 4. The van der Waals surface area contributed by atoms with E-state index in [1.54, 1.807) is 18.2 Å². The molecule has 0 aromatic carbocycles. The fraction of sp³-hybridized carbons (Fsp3) is 0.167. The van der Waals surface area contributed by atoms with Gasteiger partial charge < -0.3 is 19.5 Å². The largest absolute Gasteiger partial charge is 0.472 e. The van der Waals surface area contributed by atoms with E-state index in [2.05, 4.69) is 10.6 Å². The van der Waals surface area contributed by atoms with Crippen LogP contribution in [-0.4, -0.2) is 24.9 Å². The van der Waals surface area contributed by atoms with E-state index in [0.29, 0.717) is 18.7 Å². The molecule has 0 bridgehead atoms. The Bertz CT molecular complexity index is 454. The predicted molar refractivity (Wildman–Crippen MR) is 62.1 cm³/mol. The van der Waals surface area contributed by atoms with Crippen molar-refractivity contribution in [1.29, 1.82) is 0 Å². The lowest BCUT2D eigenvalue weighted by Gasteiger charge is -2.04. The normalized spacial score (nSPS) is 10.0. The zero-order chi connectivity index (χ0) is 12.8. The third-order valence-electron chi connectivity index (χ3n) is 2.22. The number of carbonyl (C=O) groups is 2. The Morgan fingerprint density at radius 2 is 1.83 bits per heavy atom. The molecule has 2 aromatic heterocycles. The summed E-state index contributed by atoms with van der Waals surface area (Å²) in [6.07, 6.45) is 4.21. The van der Waals surface area contributed by atoms with Gasteiger partial charge in [0, 0.05) is 13.1 Å². The standard InChI is InChI=1S/C12H12N2O4/c15-11(9-3-7-17-8-9)13-4-5-14-12(16)10-2-1-6-18-10/h1-3,6-8H,4-5H2,(H,13,15)(H,14,16). The summed E-state index contributed by atoms with van der Waals surface area (Å²) in [7, 11) is 0. The van der Waals surface area contributed by atoms with Crippen LogP contribution in [0.2, 0.25) is 0 Å². The summed E-state index contributed by atoms with van der Waals surface area (Å²) in [4.78, 5) is 22.9. The van der Waals surface area contributed by atoms with Gasteiger partial charge in [0.05, 0.1) is 18.1 Å². The molecule has 0 aliphatic carbocycles. The molecule has 2 aromatic rings. The van der Waals surface area contributed by atoms with Gasteiger partial charge in [-0.1, -0.05) is 0 Å². The maximum atomic E-state index is 11.5. The van der Waals surface area contributed by atoms with Crippen molar-refractivity contribution in [1.82, 2.24) is 10.6 Å². The number of amides is 2. The molecule has 0 fully saturated rings. The highest BCUT2D eigenvalue weighted by Gasteiger charge is 2.08. The second-order valence-corrected chi connectivity index (χ2v) is 3.50. The fourth-order valence-corrected chi connectivity index (χ4v) is 1.34. The number of nitrogens with one attached hydrogen (secondary N) is 2. The van der Waals surface area contributed by atoms with Crippen molar-refractivity contribution in [2.45, 2.75) is 0 Å². The minimum atomic E-state index is -0.308. The van der Waals surface area contributed by atoms with Crippen LogP contribution in [-0.2, 0) is 0 Å². The summed E-state index contributed by atoms with van der Waals surface area (Å²) in [5, 5.41) is 5.26. The average Bonchev–Trinajstić information content (AvgIpc) is 3.05. The molecular weight excluding hydrogens is 236 g/mol. The van der Waals surface area contributed by atoms with E-state index in [4.69, 9.17) is 8.83 Å². The Balaban J connectivity index is 1.67. The van der Waals surface area contributed by atoms with Crippen LogP contribution in [0.25, 0.3) is 0 Å². The highest BCUT2D eigenvalue weighted by molar-refractivity contribution is 5.94. The van der Waals surface area contributed by atoms with Gasteiger partial charge in [-0.25, -0.2) is 0 Å². The molecule has 0 radical (unpaired) electrons. The van der Waals surface area contributed by atoms with Crippen molar-refractivity contribution in [2.24, 2.45) is 0 Å². The summed E-state index contributed by atoms with van der Waals surface area (Å²) in [5.74, 6) is -0.301. The fourth-order valence-electron chi connectivity index (χ4n) is 1.34. The molecule has 0 atom stereocenters. The van der Waals surface area contributed by atoms with E-state index < -0.39 is 0 Å². The lowest BCUT2D eigenvalue weighted by atomic mass is 10.3. The zero-order valence-corrected chi connectivity index (χ0v) is 9.51. The molecule has 0 aliphatic heterocycles. The SMILES string of the molecule is O=C(NCCNC(=O)c1ccco1)c1ccoc1.